The van der Waals surface area contributed by atoms with Gasteiger partial charge in [-0.15, -0.1) is 0 Å². The van der Waals surface area contributed by atoms with Crippen LogP contribution in [0.15, 0.2) is 0 Å². The second-order valence-corrected chi connectivity index (χ2v) is 6.40. The molecule has 1 aliphatic rings. The molecule has 1 amide bonds. The Bertz CT molecular complexity index is 284. The topological polar surface area (TPSA) is 67.6 Å². The average Bonchev–Trinajstić information content (AvgIpc) is 2.13. The number of ether oxygens (including phenoxy) is 1. The summed E-state index contributed by atoms with van der Waals surface area (Å²) in [5, 5.41) is 0. The molecule has 0 aliphatic carbocycles. The lowest BCUT2D eigenvalue weighted by molar-refractivity contribution is 0.00225. The van der Waals surface area contributed by atoms with Gasteiger partial charge >= 0.3 is 6.09 Å². The zero-order chi connectivity index (χ0) is 13.3. The monoisotopic (exact) mass is 243 g/mol. The lowest BCUT2D eigenvalue weighted by Crippen LogP contribution is -2.57. The van der Waals surface area contributed by atoms with E-state index in [-0.39, 0.29) is 17.6 Å². The summed E-state index contributed by atoms with van der Waals surface area (Å²) in [5.41, 5.74) is 2.35. The van der Waals surface area contributed by atoms with Crippen molar-refractivity contribution in [1.29, 1.82) is 0 Å². The zero-order valence-electron chi connectivity index (χ0n) is 11.5. The minimum atomic E-state index is -0.440. The Morgan fingerprint density at radius 1 is 1.47 bits per heavy atom. The Morgan fingerprint density at radius 3 is 2.47 bits per heavy atom. The van der Waals surface area contributed by atoms with Crippen LogP contribution in [0.5, 0.6) is 0 Å². The molecule has 1 atom stereocenters. The van der Waals surface area contributed by atoms with Gasteiger partial charge in [0.15, 0.2) is 0 Å². The molecule has 100 valence electrons. The highest BCUT2D eigenvalue weighted by Crippen LogP contribution is 2.29. The van der Waals surface area contributed by atoms with Gasteiger partial charge < -0.3 is 9.64 Å². The van der Waals surface area contributed by atoms with Crippen LogP contribution >= 0.6 is 0 Å². The van der Waals surface area contributed by atoms with Gasteiger partial charge in [0.05, 0.1) is 0 Å². The molecule has 5 nitrogen and oxygen atoms in total. The van der Waals surface area contributed by atoms with Gasteiger partial charge in [0.25, 0.3) is 0 Å². The highest BCUT2D eigenvalue weighted by atomic mass is 16.6. The van der Waals surface area contributed by atoms with Gasteiger partial charge in [-0.2, -0.15) is 0 Å². The zero-order valence-corrected chi connectivity index (χ0v) is 11.5. The standard InChI is InChI=1S/C12H25N3O2/c1-11(2,3)17-10(16)15-7-6-9(14-13)12(4,5)8-15/h9,14H,6-8,13H2,1-5H3. The summed E-state index contributed by atoms with van der Waals surface area (Å²) in [6.45, 7) is 11.2. The van der Waals surface area contributed by atoms with E-state index in [0.29, 0.717) is 13.1 Å². The van der Waals surface area contributed by atoms with Crippen LogP contribution in [0.4, 0.5) is 4.79 Å². The van der Waals surface area contributed by atoms with Crippen molar-refractivity contribution in [2.24, 2.45) is 11.3 Å². The summed E-state index contributed by atoms with van der Waals surface area (Å²) in [4.78, 5) is 13.7. The second-order valence-electron chi connectivity index (χ2n) is 6.40. The molecule has 0 saturated carbocycles. The molecule has 0 spiro atoms. The summed E-state index contributed by atoms with van der Waals surface area (Å²) in [6.07, 6.45) is 0.615. The van der Waals surface area contributed by atoms with Gasteiger partial charge in [-0.25, -0.2) is 4.79 Å². The normalized spacial score (nSPS) is 24.6. The van der Waals surface area contributed by atoms with E-state index in [9.17, 15) is 4.79 Å². The number of nitrogens with two attached hydrogens (primary N) is 1. The minimum Gasteiger partial charge on any atom is -0.444 e. The first-order chi connectivity index (χ1) is 7.65. The number of carbonyl (C=O) groups excluding carboxylic acids is 1. The lowest BCUT2D eigenvalue weighted by atomic mass is 9.79. The molecule has 1 unspecified atom stereocenters. The van der Waals surface area contributed by atoms with Gasteiger partial charge in [0.1, 0.15) is 5.60 Å². The Hall–Kier alpha value is -0.810. The quantitative estimate of drug-likeness (QED) is 0.541. The molecule has 1 rings (SSSR count). The van der Waals surface area contributed by atoms with Crippen molar-refractivity contribution in [3.05, 3.63) is 0 Å². The highest BCUT2D eigenvalue weighted by Gasteiger charge is 2.38. The predicted octanol–water partition coefficient (Wildman–Crippen LogP) is 1.49. The number of nitrogens with one attached hydrogen (secondary N) is 1. The van der Waals surface area contributed by atoms with Crippen LogP contribution in [0.1, 0.15) is 41.0 Å². The lowest BCUT2D eigenvalue weighted by Gasteiger charge is -2.43. The van der Waals surface area contributed by atoms with Crippen LogP contribution in [0, 0.1) is 5.41 Å². The molecular weight excluding hydrogens is 218 g/mol. The Balaban J connectivity index is 2.62. The van der Waals surface area contributed by atoms with Crippen LogP contribution in [0.3, 0.4) is 0 Å². The van der Waals surface area contributed by atoms with Crippen molar-refractivity contribution < 1.29 is 9.53 Å². The second kappa shape index (κ2) is 4.82. The summed E-state index contributed by atoms with van der Waals surface area (Å²) in [5.74, 6) is 5.52. The van der Waals surface area contributed by atoms with Crippen molar-refractivity contribution in [2.75, 3.05) is 13.1 Å². The number of hydrazine groups is 1. The van der Waals surface area contributed by atoms with Gasteiger partial charge in [0.2, 0.25) is 0 Å². The van der Waals surface area contributed by atoms with Crippen LogP contribution in [-0.2, 0) is 4.74 Å². The van der Waals surface area contributed by atoms with E-state index in [1.807, 2.05) is 20.8 Å². The van der Waals surface area contributed by atoms with Crippen molar-refractivity contribution in [1.82, 2.24) is 10.3 Å². The maximum atomic E-state index is 11.9. The number of hydrogen-bond acceptors (Lipinski definition) is 4. The molecule has 0 aromatic rings. The SMILES string of the molecule is CC(C)(C)OC(=O)N1CCC(NN)C(C)(C)C1. The van der Waals surface area contributed by atoms with E-state index in [1.165, 1.54) is 0 Å². The first-order valence-electron chi connectivity index (χ1n) is 6.10. The molecule has 1 heterocycles. The van der Waals surface area contributed by atoms with E-state index in [4.69, 9.17) is 10.6 Å². The maximum Gasteiger partial charge on any atom is 0.410 e. The van der Waals surface area contributed by atoms with E-state index in [0.717, 1.165) is 6.42 Å². The van der Waals surface area contributed by atoms with Crippen LogP contribution in [0.25, 0.3) is 0 Å². The minimum absolute atomic E-state index is 0.0378. The van der Waals surface area contributed by atoms with E-state index < -0.39 is 5.60 Å². The van der Waals surface area contributed by atoms with E-state index in [1.54, 1.807) is 4.90 Å². The van der Waals surface area contributed by atoms with E-state index in [2.05, 4.69) is 19.3 Å². The number of likely N-dealkylation sites (tertiary alicyclic amines) is 1. The third-order valence-corrected chi connectivity index (χ3v) is 3.08. The number of piperidine rings is 1. The molecule has 1 aliphatic heterocycles. The molecule has 3 N–H and O–H groups in total. The molecule has 0 radical (unpaired) electrons. The fourth-order valence-electron chi connectivity index (χ4n) is 2.15. The van der Waals surface area contributed by atoms with Gasteiger partial charge in [-0.05, 0) is 32.6 Å². The summed E-state index contributed by atoms with van der Waals surface area (Å²) < 4.78 is 5.37. The van der Waals surface area contributed by atoms with Crippen molar-refractivity contribution in [3.63, 3.8) is 0 Å². The number of carbonyl (C=O) groups is 1. The molecule has 0 aromatic carbocycles. The average molecular weight is 243 g/mol. The number of nitrogens with zero attached hydrogens (tertiary/aromatic N) is 1. The Morgan fingerprint density at radius 2 is 2.06 bits per heavy atom. The van der Waals surface area contributed by atoms with E-state index >= 15 is 0 Å². The molecule has 1 fully saturated rings. The third kappa shape index (κ3) is 3.85. The van der Waals surface area contributed by atoms with Crippen molar-refractivity contribution >= 4 is 6.09 Å². The molecular formula is C12H25N3O2. The molecule has 0 aromatic heterocycles. The highest BCUT2D eigenvalue weighted by molar-refractivity contribution is 5.68. The molecule has 1 saturated heterocycles. The summed E-state index contributed by atoms with van der Waals surface area (Å²) in [6, 6.07) is 0.237. The van der Waals surface area contributed by atoms with Gasteiger partial charge in [-0.1, -0.05) is 13.8 Å². The smallest absolute Gasteiger partial charge is 0.410 e. The maximum absolute atomic E-state index is 11.9. The van der Waals surface area contributed by atoms with Crippen LogP contribution in [-0.4, -0.2) is 35.7 Å². The Kier molecular flexibility index (Phi) is 4.04. The van der Waals surface area contributed by atoms with Crippen molar-refractivity contribution in [2.45, 2.75) is 52.7 Å². The molecule has 5 heteroatoms. The first-order valence-corrected chi connectivity index (χ1v) is 6.10. The van der Waals surface area contributed by atoms with Gasteiger partial charge in [-0.3, -0.25) is 11.3 Å². The largest absolute Gasteiger partial charge is 0.444 e. The molecule has 0 bridgehead atoms. The summed E-state index contributed by atoms with van der Waals surface area (Å²) in [7, 11) is 0. The fraction of sp³-hybridized carbons (Fsp3) is 0.917. The predicted molar refractivity (Wildman–Crippen MR) is 67.3 cm³/mol. The Labute approximate surface area is 104 Å². The fourth-order valence-corrected chi connectivity index (χ4v) is 2.15. The molecule has 17 heavy (non-hydrogen) atoms. The van der Waals surface area contributed by atoms with Crippen LogP contribution in [0.2, 0.25) is 0 Å². The van der Waals surface area contributed by atoms with Gasteiger partial charge in [0, 0.05) is 19.1 Å². The first kappa shape index (κ1) is 14.3. The number of amides is 1. The summed E-state index contributed by atoms with van der Waals surface area (Å²) >= 11 is 0. The third-order valence-electron chi connectivity index (χ3n) is 3.08. The van der Waals surface area contributed by atoms with Crippen LogP contribution < -0.4 is 11.3 Å². The van der Waals surface area contributed by atoms with Crippen molar-refractivity contribution in [3.8, 4) is 0 Å². The number of hydrogen-bond donors (Lipinski definition) is 2. The number of rotatable bonds is 1.